The molecule has 1 nitrogen and oxygen atoms in total. The first kappa shape index (κ1) is 14.5. The van der Waals surface area contributed by atoms with Gasteiger partial charge in [-0.15, -0.1) is 0 Å². The molecule has 1 N–H and O–H groups in total. The van der Waals surface area contributed by atoms with Gasteiger partial charge in [0.1, 0.15) is 5.82 Å². The maximum absolute atomic E-state index is 13.8. The zero-order valence-corrected chi connectivity index (χ0v) is 12.0. The topological polar surface area (TPSA) is 12.0 Å². The van der Waals surface area contributed by atoms with Gasteiger partial charge in [-0.2, -0.15) is 0 Å². The highest BCUT2D eigenvalue weighted by atomic mass is 19.1. The number of nitrogens with one attached hydrogen (secondary N) is 1. The Hall–Kier alpha value is -0.890. The van der Waals surface area contributed by atoms with Crippen molar-refractivity contribution in [3.8, 4) is 0 Å². The van der Waals surface area contributed by atoms with E-state index in [4.69, 9.17) is 0 Å². The lowest BCUT2D eigenvalue weighted by molar-refractivity contribution is 0.239. The van der Waals surface area contributed by atoms with Crippen LogP contribution in [0.5, 0.6) is 0 Å². The molecule has 1 aliphatic carbocycles. The highest BCUT2D eigenvalue weighted by molar-refractivity contribution is 5.18. The van der Waals surface area contributed by atoms with Crippen LogP contribution in [0.3, 0.4) is 0 Å². The molecule has 106 valence electrons. The molecule has 1 aromatic carbocycles. The van der Waals surface area contributed by atoms with E-state index >= 15 is 0 Å². The highest BCUT2D eigenvalue weighted by Crippen LogP contribution is 2.32. The smallest absolute Gasteiger partial charge is 0.126 e. The molecule has 0 aliphatic heterocycles. The molecule has 1 aromatic rings. The maximum Gasteiger partial charge on any atom is 0.126 e. The Morgan fingerprint density at radius 1 is 1.21 bits per heavy atom. The molecule has 0 aromatic heterocycles. The van der Waals surface area contributed by atoms with E-state index in [1.807, 2.05) is 12.1 Å². The molecule has 0 heterocycles. The van der Waals surface area contributed by atoms with Gasteiger partial charge in [0.25, 0.3) is 0 Å². The minimum absolute atomic E-state index is 0.0418. The maximum atomic E-state index is 13.8. The van der Waals surface area contributed by atoms with Crippen LogP contribution < -0.4 is 5.32 Å². The Kier molecular flexibility index (Phi) is 5.84. The van der Waals surface area contributed by atoms with Crippen molar-refractivity contribution in [3.63, 3.8) is 0 Å². The molecule has 1 unspecified atom stereocenters. The second kappa shape index (κ2) is 7.64. The van der Waals surface area contributed by atoms with Gasteiger partial charge in [0, 0.05) is 0 Å². The van der Waals surface area contributed by atoms with Crippen LogP contribution >= 0.6 is 0 Å². The molecule has 1 aliphatic rings. The summed E-state index contributed by atoms with van der Waals surface area (Å²) in [4.78, 5) is 0. The molecule has 0 bridgehead atoms. The van der Waals surface area contributed by atoms with Crippen molar-refractivity contribution in [2.45, 2.75) is 45.4 Å². The lowest BCUT2D eigenvalue weighted by Crippen LogP contribution is -2.31. The zero-order chi connectivity index (χ0) is 13.5. The molecule has 1 atom stereocenters. The van der Waals surface area contributed by atoms with Gasteiger partial charge < -0.3 is 5.32 Å². The highest BCUT2D eigenvalue weighted by Gasteiger charge is 2.24. The molecule has 19 heavy (non-hydrogen) atoms. The van der Waals surface area contributed by atoms with Gasteiger partial charge in [-0.1, -0.05) is 57.2 Å². The van der Waals surface area contributed by atoms with Gasteiger partial charge in [0.2, 0.25) is 0 Å². The fourth-order valence-corrected chi connectivity index (χ4v) is 3.29. The summed E-state index contributed by atoms with van der Waals surface area (Å²) in [6.07, 6.45) is 7.61. The Bertz CT molecular complexity index is 371. The largest absolute Gasteiger partial charge is 0.317 e. The normalized spacial score (nSPS) is 18.4. The molecule has 1 saturated carbocycles. The van der Waals surface area contributed by atoms with Gasteiger partial charge in [-0.25, -0.2) is 4.39 Å². The molecular weight excluding hydrogens is 237 g/mol. The number of halogens is 1. The van der Waals surface area contributed by atoms with Crippen molar-refractivity contribution in [2.24, 2.45) is 11.8 Å². The van der Waals surface area contributed by atoms with Crippen molar-refractivity contribution >= 4 is 0 Å². The SMILES string of the molecule is CCNCC(Cc1ccccc1F)C1CCCCC1. The van der Waals surface area contributed by atoms with Crippen LogP contribution in [0, 0.1) is 17.7 Å². The summed E-state index contributed by atoms with van der Waals surface area (Å²) in [5, 5.41) is 3.46. The molecule has 0 amide bonds. The predicted molar refractivity (Wildman–Crippen MR) is 78.7 cm³/mol. The van der Waals surface area contributed by atoms with Crippen LogP contribution in [0.1, 0.15) is 44.6 Å². The average molecular weight is 263 g/mol. The van der Waals surface area contributed by atoms with Gasteiger partial charge in [0.05, 0.1) is 0 Å². The number of hydrogen-bond acceptors (Lipinski definition) is 1. The van der Waals surface area contributed by atoms with E-state index < -0.39 is 0 Å². The predicted octanol–water partition coefficient (Wildman–Crippen LogP) is 4.17. The quantitative estimate of drug-likeness (QED) is 0.812. The summed E-state index contributed by atoms with van der Waals surface area (Å²) in [6.45, 7) is 4.16. The van der Waals surface area contributed by atoms with Crippen molar-refractivity contribution in [3.05, 3.63) is 35.6 Å². The van der Waals surface area contributed by atoms with E-state index in [0.29, 0.717) is 5.92 Å². The fraction of sp³-hybridized carbons (Fsp3) is 0.647. The average Bonchev–Trinajstić information content (AvgIpc) is 2.46. The van der Waals surface area contributed by atoms with Crippen molar-refractivity contribution < 1.29 is 4.39 Å². The second-order valence-corrected chi connectivity index (χ2v) is 5.76. The molecule has 2 rings (SSSR count). The summed E-state index contributed by atoms with van der Waals surface area (Å²) in [7, 11) is 0. The van der Waals surface area contributed by atoms with E-state index in [0.717, 1.165) is 31.0 Å². The van der Waals surface area contributed by atoms with Crippen LogP contribution in [0.15, 0.2) is 24.3 Å². The lowest BCUT2D eigenvalue weighted by Gasteiger charge is -2.30. The van der Waals surface area contributed by atoms with E-state index in [9.17, 15) is 4.39 Å². The molecule has 0 spiro atoms. The van der Waals surface area contributed by atoms with E-state index in [1.54, 1.807) is 12.1 Å². The Labute approximate surface area is 116 Å². The summed E-state index contributed by atoms with van der Waals surface area (Å²) < 4.78 is 13.8. The molecule has 0 radical (unpaired) electrons. The van der Waals surface area contributed by atoms with Gasteiger partial charge in [0.15, 0.2) is 0 Å². The first-order valence-electron chi connectivity index (χ1n) is 7.75. The molecule has 1 fully saturated rings. The summed E-state index contributed by atoms with van der Waals surface area (Å²) >= 11 is 0. The van der Waals surface area contributed by atoms with Gasteiger partial charge in [-0.3, -0.25) is 0 Å². The van der Waals surface area contributed by atoms with Crippen molar-refractivity contribution in [1.29, 1.82) is 0 Å². The van der Waals surface area contributed by atoms with Crippen LogP contribution in [0.25, 0.3) is 0 Å². The molecule has 2 heteroatoms. The summed E-state index contributed by atoms with van der Waals surface area (Å²) in [5.41, 5.74) is 0.885. The second-order valence-electron chi connectivity index (χ2n) is 5.76. The van der Waals surface area contributed by atoms with E-state index in [2.05, 4.69) is 12.2 Å². The van der Waals surface area contributed by atoms with Gasteiger partial charge >= 0.3 is 0 Å². The van der Waals surface area contributed by atoms with Crippen LogP contribution in [-0.4, -0.2) is 13.1 Å². The summed E-state index contributed by atoms with van der Waals surface area (Å²) in [5.74, 6) is 1.31. The van der Waals surface area contributed by atoms with Gasteiger partial charge in [-0.05, 0) is 43.0 Å². The fourth-order valence-electron chi connectivity index (χ4n) is 3.29. The lowest BCUT2D eigenvalue weighted by atomic mass is 9.77. The van der Waals surface area contributed by atoms with Crippen molar-refractivity contribution in [1.82, 2.24) is 5.32 Å². The Morgan fingerprint density at radius 3 is 2.63 bits per heavy atom. The standard InChI is InChI=1S/C17H26FN/c1-2-19-13-16(14-8-4-3-5-9-14)12-15-10-6-7-11-17(15)18/h6-7,10-11,14,16,19H,2-5,8-9,12-13H2,1H3. The Morgan fingerprint density at radius 2 is 1.95 bits per heavy atom. The monoisotopic (exact) mass is 263 g/mol. The minimum atomic E-state index is -0.0418. The third-order valence-electron chi connectivity index (χ3n) is 4.41. The number of benzene rings is 1. The number of rotatable bonds is 6. The minimum Gasteiger partial charge on any atom is -0.317 e. The van der Waals surface area contributed by atoms with Crippen molar-refractivity contribution in [2.75, 3.05) is 13.1 Å². The summed E-state index contributed by atoms with van der Waals surface area (Å²) in [6, 6.07) is 7.25. The van der Waals surface area contributed by atoms with Crippen LogP contribution in [-0.2, 0) is 6.42 Å². The Balaban J connectivity index is 2.02. The molecular formula is C17H26FN. The first-order valence-corrected chi connectivity index (χ1v) is 7.75. The molecule has 0 saturated heterocycles. The van der Waals surface area contributed by atoms with E-state index in [1.165, 1.54) is 32.1 Å². The van der Waals surface area contributed by atoms with Crippen LogP contribution in [0.2, 0.25) is 0 Å². The zero-order valence-electron chi connectivity index (χ0n) is 12.0. The van der Waals surface area contributed by atoms with Crippen LogP contribution in [0.4, 0.5) is 4.39 Å². The third-order valence-corrected chi connectivity index (χ3v) is 4.41. The number of hydrogen-bond donors (Lipinski definition) is 1. The third kappa shape index (κ3) is 4.31. The van der Waals surface area contributed by atoms with E-state index in [-0.39, 0.29) is 5.82 Å². The first-order chi connectivity index (χ1) is 9.31.